The maximum Gasteiger partial charge on any atom is 0.0448 e. The second-order valence-electron chi connectivity index (χ2n) is 6.79. The highest BCUT2D eigenvalue weighted by Gasteiger charge is 2.25. The Balaban J connectivity index is 2.15. The Morgan fingerprint density at radius 1 is 1.19 bits per heavy atom. The molecule has 118 valence electrons. The van der Waals surface area contributed by atoms with Crippen molar-refractivity contribution in [2.75, 3.05) is 23.8 Å². The van der Waals surface area contributed by atoms with Gasteiger partial charge in [0.1, 0.15) is 0 Å². The van der Waals surface area contributed by atoms with Crippen molar-refractivity contribution in [3.05, 3.63) is 35.4 Å². The average molecular weight is 324 g/mol. The molecule has 0 bridgehead atoms. The number of rotatable bonds is 5. The Hall–Kier alpha value is -0.120. The fourth-order valence-electron chi connectivity index (χ4n) is 2.65. The van der Waals surface area contributed by atoms with Gasteiger partial charge in [-0.25, -0.2) is 0 Å². The normalized spacial score (nSPS) is 21.2. The summed E-state index contributed by atoms with van der Waals surface area (Å²) in [6, 6.07) is 9.81. The zero-order chi connectivity index (χ0) is 15.3. The minimum Gasteiger partial charge on any atom is -0.309 e. The van der Waals surface area contributed by atoms with Gasteiger partial charge in [0.15, 0.2) is 0 Å². The summed E-state index contributed by atoms with van der Waals surface area (Å²) in [6.45, 7) is 10.2. The van der Waals surface area contributed by atoms with Crippen LogP contribution in [0.15, 0.2) is 24.3 Å². The van der Waals surface area contributed by atoms with E-state index in [1.165, 1.54) is 34.8 Å². The van der Waals surface area contributed by atoms with Gasteiger partial charge in [0, 0.05) is 28.6 Å². The quantitative estimate of drug-likeness (QED) is 0.830. The second-order valence-corrected chi connectivity index (χ2v) is 9.28. The van der Waals surface area contributed by atoms with Gasteiger partial charge >= 0.3 is 0 Å². The van der Waals surface area contributed by atoms with Gasteiger partial charge in [-0.05, 0) is 29.5 Å². The molecule has 1 saturated heterocycles. The Morgan fingerprint density at radius 3 is 2.43 bits per heavy atom. The maximum absolute atomic E-state index is 3.78. The van der Waals surface area contributed by atoms with Crippen molar-refractivity contribution >= 4 is 23.5 Å². The molecule has 1 heterocycles. The highest BCUT2D eigenvalue weighted by Crippen LogP contribution is 2.34. The molecule has 0 saturated carbocycles. The van der Waals surface area contributed by atoms with Crippen LogP contribution < -0.4 is 5.32 Å². The van der Waals surface area contributed by atoms with E-state index in [9.17, 15) is 0 Å². The fourth-order valence-corrected chi connectivity index (χ4v) is 5.52. The van der Waals surface area contributed by atoms with Crippen molar-refractivity contribution in [2.45, 2.75) is 50.8 Å². The van der Waals surface area contributed by atoms with E-state index in [0.29, 0.717) is 11.3 Å². The fraction of sp³-hybridized carbons (Fsp3) is 0.667. The first-order valence-electron chi connectivity index (χ1n) is 8.05. The summed E-state index contributed by atoms with van der Waals surface area (Å²) >= 11 is 4.25. The molecule has 1 N–H and O–H groups in total. The van der Waals surface area contributed by atoms with Crippen LogP contribution in [0.3, 0.4) is 0 Å². The minimum absolute atomic E-state index is 0.236. The minimum atomic E-state index is 0.236. The van der Waals surface area contributed by atoms with Gasteiger partial charge in [-0.2, -0.15) is 23.5 Å². The average Bonchev–Trinajstić information content (AvgIpc) is 2.48. The highest BCUT2D eigenvalue weighted by atomic mass is 32.2. The lowest BCUT2D eigenvalue weighted by Gasteiger charge is -2.31. The Labute approximate surface area is 139 Å². The van der Waals surface area contributed by atoms with Gasteiger partial charge in [-0.3, -0.25) is 0 Å². The van der Waals surface area contributed by atoms with E-state index in [1.54, 1.807) is 0 Å². The van der Waals surface area contributed by atoms with Crippen LogP contribution in [-0.4, -0.2) is 29.1 Å². The van der Waals surface area contributed by atoms with E-state index < -0.39 is 0 Å². The third kappa shape index (κ3) is 4.94. The molecule has 1 aliphatic rings. The number of nitrogens with one attached hydrogen (secondary N) is 1. The summed E-state index contributed by atoms with van der Waals surface area (Å²) in [6.07, 6.45) is 1.20. The summed E-state index contributed by atoms with van der Waals surface area (Å²) in [5, 5.41) is 4.48. The van der Waals surface area contributed by atoms with Crippen LogP contribution in [0.25, 0.3) is 0 Å². The number of hydrogen-bond acceptors (Lipinski definition) is 3. The summed E-state index contributed by atoms with van der Waals surface area (Å²) in [7, 11) is 0. The Morgan fingerprint density at radius 2 is 1.90 bits per heavy atom. The molecule has 1 aromatic carbocycles. The summed E-state index contributed by atoms with van der Waals surface area (Å²) in [5.74, 6) is 3.87. The van der Waals surface area contributed by atoms with Gasteiger partial charge in [-0.1, -0.05) is 52.0 Å². The van der Waals surface area contributed by atoms with Crippen molar-refractivity contribution in [1.82, 2.24) is 5.32 Å². The molecule has 0 amide bonds. The lowest BCUT2D eigenvalue weighted by Crippen LogP contribution is -2.34. The molecular formula is C18H29NS2. The first-order chi connectivity index (χ1) is 10.0. The summed E-state index contributed by atoms with van der Waals surface area (Å²) in [4.78, 5) is 0. The van der Waals surface area contributed by atoms with Gasteiger partial charge < -0.3 is 5.32 Å². The molecule has 3 heteroatoms. The van der Waals surface area contributed by atoms with Crippen LogP contribution in [0.1, 0.15) is 51.3 Å². The van der Waals surface area contributed by atoms with Crippen LogP contribution in [0.4, 0.5) is 0 Å². The number of benzene rings is 1. The van der Waals surface area contributed by atoms with Crippen LogP contribution in [0.2, 0.25) is 0 Å². The van der Waals surface area contributed by atoms with Crippen molar-refractivity contribution in [3.63, 3.8) is 0 Å². The maximum atomic E-state index is 3.78. The van der Waals surface area contributed by atoms with Crippen LogP contribution in [0.5, 0.6) is 0 Å². The van der Waals surface area contributed by atoms with E-state index in [2.05, 4.69) is 80.8 Å². The molecule has 21 heavy (non-hydrogen) atoms. The van der Waals surface area contributed by atoms with Crippen LogP contribution in [-0.2, 0) is 5.41 Å². The molecule has 1 aliphatic heterocycles. The van der Waals surface area contributed by atoms with E-state index >= 15 is 0 Å². The lowest BCUT2D eigenvalue weighted by molar-refractivity contribution is 0.529. The molecular weight excluding hydrogens is 294 g/mol. The van der Waals surface area contributed by atoms with Crippen molar-refractivity contribution in [1.29, 1.82) is 0 Å². The molecule has 2 unspecified atom stereocenters. The van der Waals surface area contributed by atoms with Gasteiger partial charge in [-0.15, -0.1) is 0 Å². The SMILES string of the molecule is CCCNC(c1ccc(C(C)(C)C)cc1)C1CSCCS1. The van der Waals surface area contributed by atoms with E-state index in [-0.39, 0.29) is 5.41 Å². The van der Waals surface area contributed by atoms with E-state index in [1.807, 2.05) is 0 Å². The largest absolute Gasteiger partial charge is 0.309 e. The van der Waals surface area contributed by atoms with Crippen LogP contribution >= 0.6 is 23.5 Å². The number of thioether (sulfide) groups is 2. The smallest absolute Gasteiger partial charge is 0.0448 e. The Kier molecular flexibility index (Phi) is 6.51. The molecule has 2 atom stereocenters. The molecule has 1 fully saturated rings. The van der Waals surface area contributed by atoms with Gasteiger partial charge in [0.05, 0.1) is 0 Å². The topological polar surface area (TPSA) is 12.0 Å². The third-order valence-corrected chi connectivity index (χ3v) is 6.83. The molecule has 0 aliphatic carbocycles. The first kappa shape index (κ1) is 17.2. The number of hydrogen-bond donors (Lipinski definition) is 1. The standard InChI is InChI=1S/C18H29NS2/c1-5-10-19-17(16-13-20-11-12-21-16)14-6-8-15(9-7-14)18(2,3)4/h6-9,16-17,19H,5,10-13H2,1-4H3. The molecule has 2 rings (SSSR count). The molecule has 1 aromatic rings. The Bertz CT molecular complexity index is 416. The zero-order valence-electron chi connectivity index (χ0n) is 13.8. The van der Waals surface area contributed by atoms with Gasteiger partial charge in [0.25, 0.3) is 0 Å². The molecule has 0 radical (unpaired) electrons. The highest BCUT2D eigenvalue weighted by molar-refractivity contribution is 8.06. The lowest BCUT2D eigenvalue weighted by atomic mass is 9.86. The predicted octanol–water partition coefficient (Wildman–Crippen LogP) is 4.87. The monoisotopic (exact) mass is 323 g/mol. The second kappa shape index (κ2) is 7.94. The van der Waals surface area contributed by atoms with Gasteiger partial charge in [0.2, 0.25) is 0 Å². The van der Waals surface area contributed by atoms with Crippen molar-refractivity contribution in [3.8, 4) is 0 Å². The summed E-state index contributed by atoms with van der Waals surface area (Å²) in [5.41, 5.74) is 3.11. The summed E-state index contributed by atoms with van der Waals surface area (Å²) < 4.78 is 0. The molecule has 0 aromatic heterocycles. The zero-order valence-corrected chi connectivity index (χ0v) is 15.4. The first-order valence-corrected chi connectivity index (χ1v) is 10.3. The van der Waals surface area contributed by atoms with Crippen LogP contribution in [0, 0.1) is 0 Å². The molecule has 0 spiro atoms. The third-order valence-electron chi connectivity index (χ3n) is 3.96. The van der Waals surface area contributed by atoms with Crippen molar-refractivity contribution < 1.29 is 0 Å². The predicted molar refractivity (Wildman–Crippen MR) is 99.7 cm³/mol. The molecule has 1 nitrogen and oxygen atoms in total. The van der Waals surface area contributed by atoms with E-state index in [4.69, 9.17) is 0 Å². The van der Waals surface area contributed by atoms with E-state index in [0.717, 1.165) is 6.54 Å². The van der Waals surface area contributed by atoms with Crippen molar-refractivity contribution in [2.24, 2.45) is 0 Å².